The summed E-state index contributed by atoms with van der Waals surface area (Å²) in [6, 6.07) is 1.63. The topological polar surface area (TPSA) is 74.2 Å². The quantitative estimate of drug-likeness (QED) is 0.775. The number of fused-ring (bicyclic) bond motifs is 1. The lowest BCUT2D eigenvalue weighted by Crippen LogP contribution is -2.17. The molecule has 0 unspecified atom stereocenters. The molecule has 0 fully saturated rings. The molecule has 6 nitrogen and oxygen atoms in total. The summed E-state index contributed by atoms with van der Waals surface area (Å²) in [5, 5.41) is 0. The van der Waals surface area contributed by atoms with Gasteiger partial charge in [-0.25, -0.2) is 4.99 Å². The second-order valence-electron chi connectivity index (χ2n) is 6.48. The summed E-state index contributed by atoms with van der Waals surface area (Å²) < 4.78 is 16.7. The van der Waals surface area contributed by atoms with E-state index >= 15 is 0 Å². The summed E-state index contributed by atoms with van der Waals surface area (Å²) in [7, 11) is 0. The van der Waals surface area contributed by atoms with E-state index in [0.717, 1.165) is 0 Å². The van der Waals surface area contributed by atoms with Crippen molar-refractivity contribution >= 4 is 17.5 Å². The third-order valence-electron chi connectivity index (χ3n) is 4.06. The second-order valence-corrected chi connectivity index (χ2v) is 6.48. The van der Waals surface area contributed by atoms with Gasteiger partial charge in [-0.1, -0.05) is 13.8 Å². The molecule has 2 heterocycles. The highest BCUT2D eigenvalue weighted by atomic mass is 16.7. The van der Waals surface area contributed by atoms with Crippen molar-refractivity contribution in [1.82, 2.24) is 0 Å². The number of aliphatic imine (C=N–C) groups is 1. The number of nitrogens with zero attached hydrogens (tertiary/aromatic N) is 1. The highest BCUT2D eigenvalue weighted by molar-refractivity contribution is 6.17. The average Bonchev–Trinajstić information content (AvgIpc) is 3.17. The van der Waals surface area contributed by atoms with E-state index in [1.165, 1.54) is 0 Å². The first kappa shape index (κ1) is 16.5. The molecule has 0 bridgehead atoms. The normalized spacial score (nSPS) is 17.4. The number of hydrogen-bond acceptors (Lipinski definition) is 6. The van der Waals surface area contributed by atoms with E-state index in [1.54, 1.807) is 19.9 Å². The molecule has 0 aliphatic carbocycles. The lowest BCUT2D eigenvalue weighted by atomic mass is 9.92. The van der Waals surface area contributed by atoms with Gasteiger partial charge in [-0.2, -0.15) is 0 Å². The Labute approximate surface area is 140 Å². The van der Waals surface area contributed by atoms with Crippen LogP contribution in [0.5, 0.6) is 11.5 Å². The molecule has 0 radical (unpaired) electrons. The number of carbonyl (C=O) groups is 2. The van der Waals surface area contributed by atoms with Gasteiger partial charge >= 0.3 is 0 Å². The summed E-state index contributed by atoms with van der Waals surface area (Å²) in [5.41, 5.74) is 0.768. The molecule has 2 aliphatic heterocycles. The largest absolute Gasteiger partial charge is 0.475 e. The van der Waals surface area contributed by atoms with E-state index in [9.17, 15) is 9.59 Å². The summed E-state index contributed by atoms with van der Waals surface area (Å²) in [5.74, 6) is 0.899. The highest BCUT2D eigenvalue weighted by Crippen LogP contribution is 2.42. The molecule has 3 rings (SSSR count). The van der Waals surface area contributed by atoms with Crippen LogP contribution in [0.3, 0.4) is 0 Å². The zero-order valence-corrected chi connectivity index (χ0v) is 14.4. The second kappa shape index (κ2) is 5.92. The molecule has 0 amide bonds. The number of Topliss-reactive ketones (excluding diaryl/α,β-unsaturated/α-hetero) is 2. The fourth-order valence-electron chi connectivity index (χ4n) is 2.83. The minimum absolute atomic E-state index is 0.0291. The summed E-state index contributed by atoms with van der Waals surface area (Å²) in [6.07, 6.45) is 0.590. The zero-order valence-electron chi connectivity index (χ0n) is 14.4. The van der Waals surface area contributed by atoms with Crippen LogP contribution in [0.1, 0.15) is 66.8 Å². The first-order valence-corrected chi connectivity index (χ1v) is 8.14. The van der Waals surface area contributed by atoms with Gasteiger partial charge in [0, 0.05) is 18.4 Å². The van der Waals surface area contributed by atoms with Gasteiger partial charge in [-0.05, 0) is 19.9 Å². The van der Waals surface area contributed by atoms with Gasteiger partial charge in [0.1, 0.15) is 6.61 Å². The van der Waals surface area contributed by atoms with Gasteiger partial charge in [-0.3, -0.25) is 9.59 Å². The van der Waals surface area contributed by atoms with Gasteiger partial charge < -0.3 is 14.2 Å². The third-order valence-corrected chi connectivity index (χ3v) is 4.06. The molecule has 1 aromatic rings. The number of rotatable bonds is 5. The molecule has 6 heteroatoms. The third kappa shape index (κ3) is 2.66. The van der Waals surface area contributed by atoms with Crippen LogP contribution in [-0.4, -0.2) is 36.4 Å². The zero-order chi connectivity index (χ0) is 17.5. The van der Waals surface area contributed by atoms with Crippen molar-refractivity contribution in [3.63, 3.8) is 0 Å². The summed E-state index contributed by atoms with van der Waals surface area (Å²) in [4.78, 5) is 29.7. The minimum atomic E-state index is -0.398. The van der Waals surface area contributed by atoms with Crippen molar-refractivity contribution in [3.05, 3.63) is 22.8 Å². The number of hydrogen-bond donors (Lipinski definition) is 0. The van der Waals surface area contributed by atoms with E-state index in [4.69, 9.17) is 14.2 Å². The molecule has 24 heavy (non-hydrogen) atoms. The monoisotopic (exact) mass is 331 g/mol. The molecule has 0 saturated heterocycles. The van der Waals surface area contributed by atoms with Crippen molar-refractivity contribution in [3.8, 4) is 11.5 Å². The maximum absolute atomic E-state index is 12.6. The molecule has 0 atom stereocenters. The van der Waals surface area contributed by atoms with Crippen molar-refractivity contribution in [1.29, 1.82) is 0 Å². The molecule has 1 aromatic carbocycles. The van der Waals surface area contributed by atoms with Crippen LogP contribution in [0.4, 0.5) is 0 Å². The van der Waals surface area contributed by atoms with Crippen LogP contribution in [0.2, 0.25) is 0 Å². The van der Waals surface area contributed by atoms with Crippen LogP contribution >= 0.6 is 0 Å². The maximum Gasteiger partial charge on any atom is 0.231 e. The van der Waals surface area contributed by atoms with Gasteiger partial charge in [0.2, 0.25) is 12.7 Å². The Bertz CT molecular complexity index is 748. The fourth-order valence-corrected chi connectivity index (χ4v) is 2.83. The molecular formula is C18H21NO5. The van der Waals surface area contributed by atoms with Crippen molar-refractivity contribution < 1.29 is 23.8 Å². The number of benzene rings is 1. The molecule has 0 spiro atoms. The van der Waals surface area contributed by atoms with Crippen LogP contribution in [0.15, 0.2) is 11.1 Å². The number of ether oxygens (including phenoxy) is 3. The maximum atomic E-state index is 12.6. The molecule has 128 valence electrons. The Balaban J connectivity index is 2.31. The molecule has 2 aliphatic rings. The summed E-state index contributed by atoms with van der Waals surface area (Å²) in [6.45, 7) is 7.85. The Morgan fingerprint density at radius 3 is 2.42 bits per heavy atom. The average molecular weight is 331 g/mol. The Hall–Kier alpha value is -2.37. The van der Waals surface area contributed by atoms with Crippen molar-refractivity contribution in [2.45, 2.75) is 46.1 Å². The number of carbonyl (C=O) groups excluding carboxylic acids is 2. The molecule has 0 aromatic heterocycles. The van der Waals surface area contributed by atoms with Gasteiger partial charge in [0.15, 0.2) is 23.1 Å². The summed E-state index contributed by atoms with van der Waals surface area (Å²) >= 11 is 0. The van der Waals surface area contributed by atoms with E-state index in [1.807, 2.05) is 13.8 Å². The highest BCUT2D eigenvalue weighted by Gasteiger charge is 2.36. The van der Waals surface area contributed by atoms with E-state index < -0.39 is 5.54 Å². The van der Waals surface area contributed by atoms with Crippen molar-refractivity contribution in [2.24, 2.45) is 4.99 Å². The van der Waals surface area contributed by atoms with E-state index in [2.05, 4.69) is 4.99 Å². The van der Waals surface area contributed by atoms with E-state index in [0.29, 0.717) is 47.1 Å². The molecular weight excluding hydrogens is 310 g/mol. The van der Waals surface area contributed by atoms with Crippen LogP contribution in [0.25, 0.3) is 0 Å². The Morgan fingerprint density at radius 1 is 1.12 bits per heavy atom. The van der Waals surface area contributed by atoms with E-state index in [-0.39, 0.29) is 24.8 Å². The smallest absolute Gasteiger partial charge is 0.231 e. The van der Waals surface area contributed by atoms with Gasteiger partial charge in [0.05, 0.1) is 16.7 Å². The molecule has 0 saturated carbocycles. The van der Waals surface area contributed by atoms with Crippen LogP contribution in [-0.2, 0) is 4.74 Å². The van der Waals surface area contributed by atoms with Crippen LogP contribution < -0.4 is 9.47 Å². The van der Waals surface area contributed by atoms with Crippen molar-refractivity contribution in [2.75, 3.05) is 13.4 Å². The number of ketones is 2. The molecule has 0 N–H and O–H groups in total. The first-order valence-electron chi connectivity index (χ1n) is 8.14. The Kier molecular flexibility index (Phi) is 4.07. The van der Waals surface area contributed by atoms with Gasteiger partial charge in [0.25, 0.3) is 0 Å². The standard InChI is InChI=1S/C18H21NO5/c1-5-11(20)10-7-13-16(24-9-23-13)15(12(21)6-2)14(10)17-19-18(3,4)8-22-17/h7H,5-6,8-9H2,1-4H3. The predicted molar refractivity (Wildman–Crippen MR) is 88.4 cm³/mol. The first-order chi connectivity index (χ1) is 11.4. The lowest BCUT2D eigenvalue weighted by Gasteiger charge is -2.15. The fraction of sp³-hybridized carbons (Fsp3) is 0.500. The van der Waals surface area contributed by atoms with Crippen LogP contribution in [0, 0.1) is 0 Å². The SMILES string of the molecule is CCC(=O)c1cc2c(c(C(=O)CC)c1C1=NC(C)(C)CO1)OCO2. The predicted octanol–water partition coefficient (Wildman–Crippen LogP) is 3.16. The minimum Gasteiger partial charge on any atom is -0.475 e. The van der Waals surface area contributed by atoms with Gasteiger partial charge in [-0.15, -0.1) is 0 Å². The Morgan fingerprint density at radius 2 is 1.83 bits per heavy atom. The lowest BCUT2D eigenvalue weighted by molar-refractivity contribution is 0.0982.